The Hall–Kier alpha value is -2.59. The molecule has 0 aliphatic heterocycles. The molecule has 2 aromatic carbocycles. The van der Waals surface area contributed by atoms with Crippen LogP contribution in [0.15, 0.2) is 54.6 Å². The van der Waals surface area contributed by atoms with E-state index in [0.29, 0.717) is 16.3 Å². The Morgan fingerprint density at radius 2 is 1.77 bits per heavy atom. The normalized spacial score (nSPS) is 10.6. The lowest BCUT2D eigenvalue weighted by atomic mass is 10.1. The molecule has 4 nitrogen and oxygen atoms in total. The third-order valence-electron chi connectivity index (χ3n) is 2.81. The molecule has 0 saturated heterocycles. The predicted molar refractivity (Wildman–Crippen MR) is 84.4 cm³/mol. The van der Waals surface area contributed by atoms with E-state index < -0.39 is 5.97 Å². The molecule has 2 rings (SSSR count). The van der Waals surface area contributed by atoms with Crippen molar-refractivity contribution in [3.8, 4) is 5.75 Å². The van der Waals surface area contributed by atoms with Gasteiger partial charge in [-0.15, -0.1) is 0 Å². The van der Waals surface area contributed by atoms with E-state index in [0.717, 1.165) is 5.56 Å². The van der Waals surface area contributed by atoms with Crippen LogP contribution in [0.3, 0.4) is 0 Å². The summed E-state index contributed by atoms with van der Waals surface area (Å²) in [6, 6.07) is 13.6. The third kappa shape index (κ3) is 4.46. The molecule has 0 radical (unpaired) electrons. The first kappa shape index (κ1) is 15.8. The van der Waals surface area contributed by atoms with Crippen LogP contribution in [0.25, 0.3) is 6.08 Å². The average molecular weight is 317 g/mol. The van der Waals surface area contributed by atoms with Crippen LogP contribution in [0, 0.1) is 0 Å². The van der Waals surface area contributed by atoms with E-state index >= 15 is 0 Å². The maximum Gasteiger partial charge on any atom is 0.341 e. The zero-order chi connectivity index (χ0) is 15.9. The van der Waals surface area contributed by atoms with Crippen LogP contribution in [0.2, 0.25) is 5.02 Å². The fourth-order valence-corrected chi connectivity index (χ4v) is 1.97. The van der Waals surface area contributed by atoms with Gasteiger partial charge >= 0.3 is 5.97 Å². The standard InChI is InChI=1S/C17H13ClO4/c18-15-4-2-1-3-14(15)16(19)10-7-12-5-8-13(9-6-12)22-11-17(20)21/h1-10H,11H2,(H,20,21)/b10-7+. The second kappa shape index (κ2) is 7.43. The maximum absolute atomic E-state index is 12.0. The highest BCUT2D eigenvalue weighted by molar-refractivity contribution is 6.34. The molecule has 0 saturated carbocycles. The summed E-state index contributed by atoms with van der Waals surface area (Å²) in [6.07, 6.45) is 3.10. The zero-order valence-corrected chi connectivity index (χ0v) is 12.3. The number of carbonyl (C=O) groups is 2. The van der Waals surface area contributed by atoms with Gasteiger partial charge in [-0.1, -0.05) is 41.9 Å². The second-order valence-corrected chi connectivity index (χ2v) is 4.84. The zero-order valence-electron chi connectivity index (χ0n) is 11.5. The van der Waals surface area contributed by atoms with Crippen molar-refractivity contribution in [1.29, 1.82) is 0 Å². The van der Waals surface area contributed by atoms with Crippen molar-refractivity contribution in [1.82, 2.24) is 0 Å². The average Bonchev–Trinajstić information content (AvgIpc) is 2.52. The molecule has 0 aliphatic carbocycles. The van der Waals surface area contributed by atoms with Crippen LogP contribution in [0.4, 0.5) is 0 Å². The van der Waals surface area contributed by atoms with Gasteiger partial charge in [-0.05, 0) is 35.9 Å². The Balaban J connectivity index is 2.02. The number of carboxylic acid groups (broad SMARTS) is 1. The van der Waals surface area contributed by atoms with Gasteiger partial charge in [-0.3, -0.25) is 4.79 Å². The molecule has 0 fully saturated rings. The number of ether oxygens (including phenoxy) is 1. The Bertz CT molecular complexity index is 705. The van der Waals surface area contributed by atoms with E-state index in [1.54, 1.807) is 54.6 Å². The van der Waals surface area contributed by atoms with E-state index in [-0.39, 0.29) is 12.4 Å². The smallest absolute Gasteiger partial charge is 0.341 e. The third-order valence-corrected chi connectivity index (χ3v) is 3.14. The molecule has 2 aromatic rings. The number of hydrogen-bond donors (Lipinski definition) is 1. The van der Waals surface area contributed by atoms with E-state index in [2.05, 4.69) is 0 Å². The largest absolute Gasteiger partial charge is 0.482 e. The van der Waals surface area contributed by atoms with Gasteiger partial charge in [0.15, 0.2) is 12.4 Å². The number of benzene rings is 2. The van der Waals surface area contributed by atoms with Crippen molar-refractivity contribution in [2.24, 2.45) is 0 Å². The van der Waals surface area contributed by atoms with Gasteiger partial charge in [0.2, 0.25) is 0 Å². The van der Waals surface area contributed by atoms with Gasteiger partial charge in [0.05, 0.1) is 5.02 Å². The fraction of sp³-hybridized carbons (Fsp3) is 0.0588. The topological polar surface area (TPSA) is 63.6 Å². The fourth-order valence-electron chi connectivity index (χ4n) is 1.74. The molecule has 0 heterocycles. The van der Waals surface area contributed by atoms with Crippen LogP contribution >= 0.6 is 11.6 Å². The van der Waals surface area contributed by atoms with Gasteiger partial charge in [-0.25, -0.2) is 4.79 Å². The number of carbonyl (C=O) groups excluding carboxylic acids is 1. The monoisotopic (exact) mass is 316 g/mol. The molecular formula is C17H13ClO4. The first-order valence-corrected chi connectivity index (χ1v) is 6.85. The lowest BCUT2D eigenvalue weighted by Gasteiger charge is -2.03. The highest BCUT2D eigenvalue weighted by Gasteiger charge is 2.05. The number of halogens is 1. The number of aliphatic carboxylic acids is 1. The SMILES string of the molecule is O=C(O)COc1ccc(/C=C/C(=O)c2ccccc2Cl)cc1. The Labute approximate surface area is 132 Å². The highest BCUT2D eigenvalue weighted by atomic mass is 35.5. The number of carboxylic acids is 1. The highest BCUT2D eigenvalue weighted by Crippen LogP contribution is 2.17. The summed E-state index contributed by atoms with van der Waals surface area (Å²) in [4.78, 5) is 22.4. The summed E-state index contributed by atoms with van der Waals surface area (Å²) in [7, 11) is 0. The molecule has 5 heteroatoms. The van der Waals surface area contributed by atoms with Crippen LogP contribution < -0.4 is 4.74 Å². The van der Waals surface area contributed by atoms with Gasteiger partial charge < -0.3 is 9.84 Å². The Morgan fingerprint density at radius 3 is 2.41 bits per heavy atom. The van der Waals surface area contributed by atoms with Crippen LogP contribution in [-0.2, 0) is 4.79 Å². The van der Waals surface area contributed by atoms with E-state index in [4.69, 9.17) is 21.4 Å². The van der Waals surface area contributed by atoms with Crippen molar-refractivity contribution in [3.05, 3.63) is 70.8 Å². The number of rotatable bonds is 6. The maximum atomic E-state index is 12.0. The predicted octanol–water partition coefficient (Wildman–Crippen LogP) is 3.70. The number of ketones is 1. The van der Waals surface area contributed by atoms with Crippen molar-refractivity contribution in [2.45, 2.75) is 0 Å². The Morgan fingerprint density at radius 1 is 1.09 bits per heavy atom. The minimum absolute atomic E-state index is 0.184. The molecule has 0 atom stereocenters. The summed E-state index contributed by atoms with van der Waals surface area (Å²) in [6.45, 7) is -0.389. The van der Waals surface area contributed by atoms with E-state index in [9.17, 15) is 9.59 Å². The van der Waals surface area contributed by atoms with Crippen molar-refractivity contribution in [2.75, 3.05) is 6.61 Å². The molecule has 0 amide bonds. The Kier molecular flexibility index (Phi) is 5.33. The molecule has 0 spiro atoms. The van der Waals surface area contributed by atoms with Crippen molar-refractivity contribution < 1.29 is 19.4 Å². The quantitative estimate of drug-likeness (QED) is 0.652. The van der Waals surface area contributed by atoms with Gasteiger partial charge in [-0.2, -0.15) is 0 Å². The number of hydrogen-bond acceptors (Lipinski definition) is 3. The molecule has 0 bridgehead atoms. The first-order chi connectivity index (χ1) is 10.6. The van der Waals surface area contributed by atoms with Gasteiger partial charge in [0.1, 0.15) is 5.75 Å². The minimum atomic E-state index is -1.03. The molecule has 22 heavy (non-hydrogen) atoms. The van der Waals surface area contributed by atoms with Crippen molar-refractivity contribution in [3.63, 3.8) is 0 Å². The molecular weight excluding hydrogens is 304 g/mol. The number of allylic oxidation sites excluding steroid dienone is 1. The van der Waals surface area contributed by atoms with Gasteiger partial charge in [0.25, 0.3) is 0 Å². The van der Waals surface area contributed by atoms with Crippen molar-refractivity contribution >= 4 is 29.4 Å². The van der Waals surface area contributed by atoms with E-state index in [1.807, 2.05) is 0 Å². The molecule has 0 aromatic heterocycles. The first-order valence-electron chi connectivity index (χ1n) is 6.48. The lowest BCUT2D eigenvalue weighted by Crippen LogP contribution is -2.09. The van der Waals surface area contributed by atoms with Crippen LogP contribution in [-0.4, -0.2) is 23.5 Å². The van der Waals surface area contributed by atoms with Gasteiger partial charge in [0, 0.05) is 5.56 Å². The summed E-state index contributed by atoms with van der Waals surface area (Å²) in [5, 5.41) is 8.93. The van der Waals surface area contributed by atoms with Crippen LogP contribution in [0.5, 0.6) is 5.75 Å². The minimum Gasteiger partial charge on any atom is -0.482 e. The summed E-state index contributed by atoms with van der Waals surface area (Å²) in [5.74, 6) is -0.761. The molecule has 0 aliphatic rings. The molecule has 0 unspecified atom stereocenters. The second-order valence-electron chi connectivity index (χ2n) is 4.43. The lowest BCUT2D eigenvalue weighted by molar-refractivity contribution is -0.139. The molecule has 112 valence electrons. The van der Waals surface area contributed by atoms with Crippen LogP contribution in [0.1, 0.15) is 15.9 Å². The van der Waals surface area contributed by atoms with E-state index in [1.165, 1.54) is 6.08 Å². The molecule has 1 N–H and O–H groups in total. The summed E-state index contributed by atoms with van der Waals surface area (Å²) >= 11 is 5.96. The summed E-state index contributed by atoms with van der Waals surface area (Å²) < 4.78 is 5.03. The summed E-state index contributed by atoms with van der Waals surface area (Å²) in [5.41, 5.74) is 1.24.